The summed E-state index contributed by atoms with van der Waals surface area (Å²) in [6.45, 7) is 4.36. The highest BCUT2D eigenvalue weighted by Gasteiger charge is 2.10. The highest BCUT2D eigenvalue weighted by molar-refractivity contribution is 7.80. The quantitative estimate of drug-likeness (QED) is 0.860. The average molecular weight is 311 g/mol. The Kier molecular flexibility index (Phi) is 4.57. The van der Waals surface area contributed by atoms with Gasteiger partial charge in [0.25, 0.3) is 0 Å². The number of benzene rings is 1. The molecule has 1 aromatic heterocycles. The van der Waals surface area contributed by atoms with Crippen LogP contribution in [0.2, 0.25) is 5.02 Å². The summed E-state index contributed by atoms with van der Waals surface area (Å²) in [5.41, 5.74) is 6.26. The van der Waals surface area contributed by atoms with Crippen molar-refractivity contribution in [2.75, 3.05) is 0 Å². The lowest BCUT2D eigenvalue weighted by atomic mass is 10.2. The van der Waals surface area contributed by atoms with Crippen molar-refractivity contribution in [3.05, 3.63) is 40.9 Å². The number of nitrogens with zero attached hydrogens (tertiary/aromatic N) is 3. The van der Waals surface area contributed by atoms with Gasteiger partial charge in [0.2, 0.25) is 0 Å². The van der Waals surface area contributed by atoms with Crippen LogP contribution in [0.25, 0.3) is 0 Å². The minimum Gasteiger partial charge on any atom is -0.484 e. The van der Waals surface area contributed by atoms with Crippen LogP contribution < -0.4 is 10.5 Å². The molecule has 2 N–H and O–H groups in total. The van der Waals surface area contributed by atoms with Gasteiger partial charge in [0.05, 0.1) is 5.02 Å². The van der Waals surface area contributed by atoms with Crippen LogP contribution in [0.1, 0.15) is 31.3 Å². The van der Waals surface area contributed by atoms with Gasteiger partial charge in [-0.3, -0.25) is 0 Å². The lowest BCUT2D eigenvalue weighted by molar-refractivity contribution is 0.282. The smallest absolute Gasteiger partial charge is 0.165 e. The number of hydrogen-bond acceptors (Lipinski definition) is 4. The molecule has 0 atom stereocenters. The first-order valence-corrected chi connectivity index (χ1v) is 6.88. The minimum absolute atomic E-state index is 0.226. The molecule has 0 unspecified atom stereocenters. The van der Waals surface area contributed by atoms with Crippen LogP contribution in [0.4, 0.5) is 0 Å². The van der Waals surface area contributed by atoms with E-state index in [1.54, 1.807) is 22.9 Å². The molecule has 7 heteroatoms. The summed E-state index contributed by atoms with van der Waals surface area (Å²) in [5.74, 6) is 1.31. The summed E-state index contributed by atoms with van der Waals surface area (Å²) in [6.07, 6.45) is 1.51. The predicted molar refractivity (Wildman–Crippen MR) is 82.1 cm³/mol. The van der Waals surface area contributed by atoms with Crippen molar-refractivity contribution in [3.8, 4) is 5.75 Å². The lowest BCUT2D eigenvalue weighted by Crippen LogP contribution is -2.11. The van der Waals surface area contributed by atoms with E-state index in [1.807, 2.05) is 13.8 Å². The maximum absolute atomic E-state index is 6.13. The van der Waals surface area contributed by atoms with Crippen molar-refractivity contribution < 1.29 is 4.74 Å². The van der Waals surface area contributed by atoms with Gasteiger partial charge in [-0.05, 0) is 32.0 Å². The molecule has 106 valence electrons. The molecule has 20 heavy (non-hydrogen) atoms. The Bertz CT molecular complexity index is 627. The Morgan fingerprint density at radius 3 is 2.85 bits per heavy atom. The molecule has 0 spiro atoms. The topological polar surface area (TPSA) is 66.0 Å². The van der Waals surface area contributed by atoms with Crippen molar-refractivity contribution in [2.24, 2.45) is 5.73 Å². The molecule has 0 bridgehead atoms. The van der Waals surface area contributed by atoms with Gasteiger partial charge in [0.15, 0.2) is 5.82 Å². The second-order valence-corrected chi connectivity index (χ2v) is 5.36. The summed E-state index contributed by atoms with van der Waals surface area (Å²) >= 11 is 11.0. The number of thiocarbonyl (C=S) groups is 1. The molecule has 5 nitrogen and oxygen atoms in total. The SMILES string of the molecule is CC(C)n1ncnc1COc1ccc(C(N)=S)cc1Cl. The van der Waals surface area contributed by atoms with Gasteiger partial charge in [0.1, 0.15) is 23.7 Å². The van der Waals surface area contributed by atoms with Crippen molar-refractivity contribution in [1.29, 1.82) is 0 Å². The monoisotopic (exact) mass is 310 g/mol. The van der Waals surface area contributed by atoms with Gasteiger partial charge in [-0.25, -0.2) is 9.67 Å². The number of halogens is 1. The number of rotatable bonds is 5. The van der Waals surface area contributed by atoms with Crippen LogP contribution in [-0.4, -0.2) is 19.8 Å². The number of ether oxygens (including phenoxy) is 1. The summed E-state index contributed by atoms with van der Waals surface area (Å²) in [5, 5.41) is 4.61. The first kappa shape index (κ1) is 14.7. The van der Waals surface area contributed by atoms with Crippen LogP contribution in [0.3, 0.4) is 0 Å². The van der Waals surface area contributed by atoms with Crippen LogP contribution in [-0.2, 0) is 6.61 Å². The molecule has 1 heterocycles. The Balaban J connectivity index is 2.11. The van der Waals surface area contributed by atoms with Crippen molar-refractivity contribution in [1.82, 2.24) is 14.8 Å². The number of aromatic nitrogens is 3. The summed E-state index contributed by atoms with van der Waals surface area (Å²) in [6, 6.07) is 5.43. The second kappa shape index (κ2) is 6.19. The van der Waals surface area contributed by atoms with Crippen molar-refractivity contribution in [3.63, 3.8) is 0 Å². The molecule has 0 aliphatic carbocycles. The number of hydrogen-bond donors (Lipinski definition) is 1. The molecule has 0 aliphatic rings. The Labute approximate surface area is 127 Å². The molecule has 2 aromatic rings. The van der Waals surface area contributed by atoms with Crippen LogP contribution in [0.15, 0.2) is 24.5 Å². The third-order valence-electron chi connectivity index (χ3n) is 2.71. The van der Waals surface area contributed by atoms with Crippen LogP contribution in [0.5, 0.6) is 5.75 Å². The molecule has 0 fully saturated rings. The van der Waals surface area contributed by atoms with E-state index in [2.05, 4.69) is 10.1 Å². The molecule has 0 aliphatic heterocycles. The molecule has 0 amide bonds. The Morgan fingerprint density at radius 2 is 2.25 bits per heavy atom. The molecule has 0 radical (unpaired) electrons. The van der Waals surface area contributed by atoms with Gasteiger partial charge in [-0.2, -0.15) is 5.10 Å². The van der Waals surface area contributed by atoms with Gasteiger partial charge in [0, 0.05) is 11.6 Å². The Hall–Kier alpha value is -1.66. The molecule has 0 saturated heterocycles. The van der Waals surface area contributed by atoms with E-state index >= 15 is 0 Å². The fourth-order valence-electron chi connectivity index (χ4n) is 1.72. The molecule has 1 aromatic carbocycles. The fourth-order valence-corrected chi connectivity index (χ4v) is 2.08. The zero-order valence-electron chi connectivity index (χ0n) is 11.2. The predicted octanol–water partition coefficient (Wildman–Crippen LogP) is 2.73. The van der Waals surface area contributed by atoms with Gasteiger partial charge in [-0.15, -0.1) is 0 Å². The molecular formula is C13H15ClN4OS. The average Bonchev–Trinajstić information content (AvgIpc) is 2.85. The molecular weight excluding hydrogens is 296 g/mol. The van der Waals surface area contributed by atoms with Crippen LogP contribution in [0, 0.1) is 0 Å². The lowest BCUT2D eigenvalue weighted by Gasteiger charge is -2.11. The highest BCUT2D eigenvalue weighted by atomic mass is 35.5. The van der Waals surface area contributed by atoms with E-state index in [0.717, 1.165) is 5.82 Å². The van der Waals surface area contributed by atoms with Crippen molar-refractivity contribution >= 4 is 28.8 Å². The van der Waals surface area contributed by atoms with Gasteiger partial charge in [-0.1, -0.05) is 23.8 Å². The van der Waals surface area contributed by atoms with E-state index in [9.17, 15) is 0 Å². The second-order valence-electron chi connectivity index (χ2n) is 4.51. The van der Waals surface area contributed by atoms with E-state index in [1.165, 1.54) is 6.33 Å². The summed E-state index contributed by atoms with van der Waals surface area (Å²) in [4.78, 5) is 4.47. The zero-order chi connectivity index (χ0) is 14.7. The van der Waals surface area contributed by atoms with E-state index in [4.69, 9.17) is 34.3 Å². The van der Waals surface area contributed by atoms with Gasteiger partial charge < -0.3 is 10.5 Å². The summed E-state index contributed by atoms with van der Waals surface area (Å²) in [7, 11) is 0. The molecule has 2 rings (SSSR count). The van der Waals surface area contributed by atoms with Crippen LogP contribution >= 0.6 is 23.8 Å². The molecule has 0 saturated carbocycles. The first-order chi connectivity index (χ1) is 9.49. The normalized spacial score (nSPS) is 10.8. The van der Waals surface area contributed by atoms with E-state index in [-0.39, 0.29) is 6.04 Å². The third-order valence-corrected chi connectivity index (χ3v) is 3.24. The van der Waals surface area contributed by atoms with E-state index < -0.39 is 0 Å². The summed E-state index contributed by atoms with van der Waals surface area (Å²) < 4.78 is 7.47. The zero-order valence-corrected chi connectivity index (χ0v) is 12.8. The largest absolute Gasteiger partial charge is 0.484 e. The third kappa shape index (κ3) is 3.26. The highest BCUT2D eigenvalue weighted by Crippen LogP contribution is 2.26. The minimum atomic E-state index is 0.226. The Morgan fingerprint density at radius 1 is 1.50 bits per heavy atom. The fraction of sp³-hybridized carbons (Fsp3) is 0.308. The standard InChI is InChI=1S/C13H15ClN4OS/c1-8(2)18-12(16-7-17-18)6-19-11-4-3-9(13(15)20)5-10(11)14/h3-5,7-8H,6H2,1-2H3,(H2,15,20). The van der Waals surface area contributed by atoms with E-state index in [0.29, 0.717) is 27.9 Å². The maximum Gasteiger partial charge on any atom is 0.165 e. The first-order valence-electron chi connectivity index (χ1n) is 6.09. The van der Waals surface area contributed by atoms with Gasteiger partial charge >= 0.3 is 0 Å². The number of nitrogens with two attached hydrogens (primary N) is 1. The maximum atomic E-state index is 6.13. The van der Waals surface area contributed by atoms with Crippen molar-refractivity contribution in [2.45, 2.75) is 26.5 Å².